The summed E-state index contributed by atoms with van der Waals surface area (Å²) in [7, 11) is 0. The molecule has 2 rings (SSSR count). The fraction of sp³-hybridized carbons (Fsp3) is 0.214. The molecule has 4 heteroatoms. The summed E-state index contributed by atoms with van der Waals surface area (Å²) in [5.74, 6) is -0.514. The maximum atomic E-state index is 11.0. The fourth-order valence-corrected chi connectivity index (χ4v) is 2.33. The van der Waals surface area contributed by atoms with Crippen molar-refractivity contribution in [2.24, 2.45) is 0 Å². The Bertz CT molecular complexity index is 532. The molecule has 0 bridgehead atoms. The Kier molecular flexibility index (Phi) is 3.99. The minimum Gasteiger partial charge on any atom is -0.492 e. The Morgan fingerprint density at radius 3 is 2.89 bits per heavy atom. The summed E-state index contributed by atoms with van der Waals surface area (Å²) in [5, 5.41) is 11.1. The number of ether oxygens (including phenoxy) is 1. The molecule has 2 aromatic rings. The van der Waals surface area contributed by atoms with E-state index in [9.17, 15) is 4.79 Å². The van der Waals surface area contributed by atoms with Gasteiger partial charge in [0.2, 0.25) is 0 Å². The molecule has 0 aliphatic heterocycles. The molecule has 1 aromatic heterocycles. The molecule has 0 amide bonds. The molecule has 0 saturated heterocycles. The average Bonchev–Trinajstić information content (AvgIpc) is 2.82. The van der Waals surface area contributed by atoms with E-state index in [-0.39, 0.29) is 5.56 Å². The van der Waals surface area contributed by atoms with Crippen LogP contribution in [-0.4, -0.2) is 17.7 Å². The molecule has 3 nitrogen and oxygen atoms in total. The Morgan fingerprint density at radius 2 is 2.22 bits per heavy atom. The quantitative estimate of drug-likeness (QED) is 0.898. The second kappa shape index (κ2) is 5.69. The zero-order chi connectivity index (χ0) is 13.0. The molecule has 0 aliphatic carbocycles. The molecule has 0 unspecified atom stereocenters. The van der Waals surface area contributed by atoms with Crippen LogP contribution in [0, 0.1) is 6.92 Å². The number of hydrogen-bond acceptors (Lipinski definition) is 3. The smallest absolute Gasteiger partial charge is 0.339 e. The van der Waals surface area contributed by atoms with Crippen LogP contribution in [0.15, 0.2) is 35.7 Å². The van der Waals surface area contributed by atoms with Crippen LogP contribution in [0.4, 0.5) is 0 Å². The van der Waals surface area contributed by atoms with Gasteiger partial charge in [-0.05, 0) is 36.1 Å². The van der Waals surface area contributed by atoms with Crippen LogP contribution in [-0.2, 0) is 6.42 Å². The first kappa shape index (κ1) is 12.6. The van der Waals surface area contributed by atoms with Crippen molar-refractivity contribution in [1.82, 2.24) is 0 Å². The van der Waals surface area contributed by atoms with Crippen LogP contribution in [0.3, 0.4) is 0 Å². The summed E-state index contributed by atoms with van der Waals surface area (Å²) in [4.78, 5) is 12.3. The van der Waals surface area contributed by atoms with Gasteiger partial charge < -0.3 is 9.84 Å². The minimum atomic E-state index is -0.957. The number of thiophene rings is 1. The van der Waals surface area contributed by atoms with Gasteiger partial charge in [0.25, 0.3) is 0 Å². The highest BCUT2D eigenvalue weighted by Crippen LogP contribution is 2.21. The molecular weight excluding hydrogens is 248 g/mol. The third-order valence-corrected chi connectivity index (χ3v) is 3.49. The largest absolute Gasteiger partial charge is 0.492 e. The molecule has 0 saturated carbocycles. The summed E-state index contributed by atoms with van der Waals surface area (Å²) in [6.07, 6.45) is 0.796. The van der Waals surface area contributed by atoms with Gasteiger partial charge in [0.1, 0.15) is 11.3 Å². The first-order valence-corrected chi connectivity index (χ1v) is 6.54. The van der Waals surface area contributed by atoms with E-state index in [1.807, 2.05) is 24.4 Å². The van der Waals surface area contributed by atoms with Crippen molar-refractivity contribution in [3.05, 3.63) is 51.7 Å². The average molecular weight is 262 g/mol. The number of carboxylic acid groups (broad SMARTS) is 1. The van der Waals surface area contributed by atoms with Gasteiger partial charge in [0.05, 0.1) is 6.61 Å². The lowest BCUT2D eigenvalue weighted by Gasteiger charge is -2.09. The third-order valence-electron chi connectivity index (χ3n) is 2.55. The second-order valence-electron chi connectivity index (χ2n) is 3.98. The van der Waals surface area contributed by atoms with Crippen molar-refractivity contribution in [2.75, 3.05) is 6.61 Å². The summed E-state index contributed by atoms with van der Waals surface area (Å²) < 4.78 is 5.58. The monoisotopic (exact) mass is 262 g/mol. The van der Waals surface area contributed by atoms with Gasteiger partial charge in [-0.15, -0.1) is 11.3 Å². The topological polar surface area (TPSA) is 46.5 Å². The van der Waals surface area contributed by atoms with E-state index in [0.29, 0.717) is 12.4 Å². The molecule has 0 atom stereocenters. The van der Waals surface area contributed by atoms with Crippen molar-refractivity contribution < 1.29 is 14.6 Å². The van der Waals surface area contributed by atoms with Gasteiger partial charge >= 0.3 is 5.97 Å². The Morgan fingerprint density at radius 1 is 1.39 bits per heavy atom. The van der Waals surface area contributed by atoms with Crippen LogP contribution >= 0.6 is 11.3 Å². The lowest BCUT2D eigenvalue weighted by molar-refractivity contribution is 0.0692. The summed E-state index contributed by atoms with van der Waals surface area (Å²) in [6.45, 7) is 2.40. The molecule has 1 aromatic carbocycles. The molecule has 0 radical (unpaired) electrons. The molecule has 0 spiro atoms. The Balaban J connectivity index is 2.03. The van der Waals surface area contributed by atoms with E-state index < -0.39 is 5.97 Å². The van der Waals surface area contributed by atoms with E-state index >= 15 is 0 Å². The maximum Gasteiger partial charge on any atom is 0.339 e. The first-order chi connectivity index (χ1) is 8.66. The van der Waals surface area contributed by atoms with Gasteiger partial charge in [0.15, 0.2) is 0 Å². The van der Waals surface area contributed by atoms with Gasteiger partial charge in [-0.3, -0.25) is 0 Å². The number of carboxylic acids is 1. The summed E-state index contributed by atoms with van der Waals surface area (Å²) in [5.41, 5.74) is 1.21. The van der Waals surface area contributed by atoms with Crippen molar-refractivity contribution in [3.63, 3.8) is 0 Å². The summed E-state index contributed by atoms with van der Waals surface area (Å²) in [6, 6.07) is 9.16. The number of aryl methyl sites for hydroxylation is 1. The normalized spacial score (nSPS) is 10.3. The second-order valence-corrected chi connectivity index (χ2v) is 5.01. The lowest BCUT2D eigenvalue weighted by Crippen LogP contribution is -2.06. The number of rotatable bonds is 5. The van der Waals surface area contributed by atoms with E-state index in [2.05, 4.69) is 0 Å². The van der Waals surface area contributed by atoms with Gasteiger partial charge in [-0.1, -0.05) is 12.1 Å². The molecular formula is C14H14O3S. The Labute approximate surface area is 110 Å². The summed E-state index contributed by atoms with van der Waals surface area (Å²) >= 11 is 1.68. The molecule has 0 aliphatic rings. The highest BCUT2D eigenvalue weighted by molar-refractivity contribution is 7.09. The molecule has 94 valence electrons. The van der Waals surface area contributed by atoms with E-state index in [1.165, 1.54) is 4.88 Å². The van der Waals surface area contributed by atoms with Crippen LogP contribution < -0.4 is 4.74 Å². The van der Waals surface area contributed by atoms with Gasteiger partial charge in [-0.25, -0.2) is 4.79 Å². The van der Waals surface area contributed by atoms with Crippen LogP contribution in [0.25, 0.3) is 0 Å². The van der Waals surface area contributed by atoms with Gasteiger partial charge in [-0.2, -0.15) is 0 Å². The number of hydrogen-bond donors (Lipinski definition) is 1. The number of carbonyl (C=O) groups is 1. The van der Waals surface area contributed by atoms with Crippen molar-refractivity contribution in [2.45, 2.75) is 13.3 Å². The van der Waals surface area contributed by atoms with Crippen LogP contribution in [0.1, 0.15) is 20.8 Å². The predicted molar refractivity (Wildman–Crippen MR) is 71.7 cm³/mol. The fourth-order valence-electron chi connectivity index (χ4n) is 1.64. The zero-order valence-electron chi connectivity index (χ0n) is 10.1. The molecule has 0 fully saturated rings. The molecule has 18 heavy (non-hydrogen) atoms. The van der Waals surface area contributed by atoms with Crippen molar-refractivity contribution in [3.8, 4) is 5.75 Å². The van der Waals surface area contributed by atoms with Crippen molar-refractivity contribution in [1.29, 1.82) is 0 Å². The predicted octanol–water partition coefficient (Wildman–Crippen LogP) is 3.38. The minimum absolute atomic E-state index is 0.215. The highest BCUT2D eigenvalue weighted by atomic mass is 32.1. The maximum absolute atomic E-state index is 11.0. The van der Waals surface area contributed by atoms with E-state index in [1.54, 1.807) is 29.5 Å². The number of benzene rings is 1. The van der Waals surface area contributed by atoms with E-state index in [0.717, 1.165) is 12.0 Å². The van der Waals surface area contributed by atoms with Crippen molar-refractivity contribution >= 4 is 17.3 Å². The first-order valence-electron chi connectivity index (χ1n) is 5.66. The number of aromatic carboxylic acids is 1. The highest BCUT2D eigenvalue weighted by Gasteiger charge is 2.11. The molecule has 1 heterocycles. The van der Waals surface area contributed by atoms with Crippen LogP contribution in [0.5, 0.6) is 5.75 Å². The van der Waals surface area contributed by atoms with Crippen LogP contribution in [0.2, 0.25) is 0 Å². The molecule has 1 N–H and O–H groups in total. The van der Waals surface area contributed by atoms with Gasteiger partial charge in [0, 0.05) is 11.3 Å². The van der Waals surface area contributed by atoms with E-state index in [4.69, 9.17) is 9.84 Å². The lowest BCUT2D eigenvalue weighted by atomic mass is 10.1. The SMILES string of the molecule is Cc1ccc(C(=O)O)c(OCCc2cccs2)c1. The standard InChI is InChI=1S/C14H14O3S/c1-10-4-5-12(14(15)16)13(9-10)17-7-6-11-3-2-8-18-11/h2-5,8-9H,6-7H2,1H3,(H,15,16). The zero-order valence-corrected chi connectivity index (χ0v) is 10.9. The third kappa shape index (κ3) is 3.11. The Hall–Kier alpha value is -1.81.